The van der Waals surface area contributed by atoms with Gasteiger partial charge < -0.3 is 14.4 Å². The van der Waals surface area contributed by atoms with Crippen molar-refractivity contribution in [1.82, 2.24) is 0 Å². The Morgan fingerprint density at radius 3 is 2.39 bits per heavy atom. The first-order chi connectivity index (χ1) is 16.3. The van der Waals surface area contributed by atoms with Gasteiger partial charge in [-0.2, -0.15) is 0 Å². The highest BCUT2D eigenvalue weighted by molar-refractivity contribution is 5.94. The zero-order valence-corrected chi connectivity index (χ0v) is 18.8. The fourth-order valence-electron chi connectivity index (χ4n) is 5.25. The Labute approximate surface area is 194 Å². The minimum atomic E-state index is -0.772. The molecule has 0 aromatic heterocycles. The Bertz CT molecular complexity index is 1340. The van der Waals surface area contributed by atoms with Crippen LogP contribution >= 0.6 is 0 Å². The predicted octanol–water partition coefficient (Wildman–Crippen LogP) is 6.80. The summed E-state index contributed by atoms with van der Waals surface area (Å²) in [5, 5.41) is 2.41. The van der Waals surface area contributed by atoms with Crippen molar-refractivity contribution >= 4 is 22.5 Å². The summed E-state index contributed by atoms with van der Waals surface area (Å²) in [6.07, 6.45) is 6.93. The van der Waals surface area contributed by atoms with E-state index < -0.39 is 5.60 Å². The molecule has 1 atom stereocenters. The maximum atomic E-state index is 6.93. The van der Waals surface area contributed by atoms with Crippen LogP contribution in [0, 0.1) is 0 Å². The minimum Gasteiger partial charge on any atom is -0.496 e. The topological polar surface area (TPSA) is 21.7 Å². The molecule has 2 heterocycles. The summed E-state index contributed by atoms with van der Waals surface area (Å²) in [4.78, 5) is 2.46. The van der Waals surface area contributed by atoms with Gasteiger partial charge in [-0.3, -0.25) is 0 Å². The van der Waals surface area contributed by atoms with Crippen LogP contribution in [0.3, 0.4) is 0 Å². The second-order valence-corrected chi connectivity index (χ2v) is 8.81. The average molecular weight is 434 g/mol. The fourth-order valence-corrected chi connectivity index (χ4v) is 5.25. The first-order valence-corrected chi connectivity index (χ1v) is 11.7. The van der Waals surface area contributed by atoms with Gasteiger partial charge in [-0.1, -0.05) is 60.7 Å². The van der Waals surface area contributed by atoms with Crippen molar-refractivity contribution < 1.29 is 9.47 Å². The van der Waals surface area contributed by atoms with E-state index in [1.807, 2.05) is 18.2 Å². The van der Waals surface area contributed by atoms with Crippen LogP contribution in [-0.2, 0) is 5.60 Å². The number of fused-ring (bicyclic) bond motifs is 3. The average Bonchev–Trinajstić information content (AvgIpc) is 3.43. The number of benzene rings is 4. The van der Waals surface area contributed by atoms with Crippen LogP contribution in [-0.4, -0.2) is 20.2 Å². The van der Waals surface area contributed by atoms with Crippen LogP contribution < -0.4 is 14.4 Å². The van der Waals surface area contributed by atoms with Gasteiger partial charge in [0.15, 0.2) is 5.60 Å². The molecular weight excluding hydrogens is 406 g/mol. The summed E-state index contributed by atoms with van der Waals surface area (Å²) in [6, 6.07) is 29.7. The van der Waals surface area contributed by atoms with E-state index in [2.05, 4.69) is 83.8 Å². The summed E-state index contributed by atoms with van der Waals surface area (Å²) in [5.74, 6) is 1.70. The highest BCUT2D eigenvalue weighted by Crippen LogP contribution is 2.46. The quantitative estimate of drug-likeness (QED) is 0.353. The molecule has 0 spiro atoms. The normalized spacial score (nSPS) is 19.4. The lowest BCUT2D eigenvalue weighted by atomic mass is 9.82. The molecule has 1 saturated heterocycles. The van der Waals surface area contributed by atoms with E-state index in [-0.39, 0.29) is 0 Å². The van der Waals surface area contributed by atoms with Gasteiger partial charge in [0.05, 0.1) is 7.11 Å². The monoisotopic (exact) mass is 433 g/mol. The van der Waals surface area contributed by atoms with Crippen LogP contribution in [0.5, 0.6) is 11.5 Å². The largest absolute Gasteiger partial charge is 0.496 e. The highest BCUT2D eigenvalue weighted by Gasteiger charge is 2.39. The molecule has 2 aliphatic heterocycles. The molecule has 0 radical (unpaired) electrons. The molecule has 0 bridgehead atoms. The lowest BCUT2D eigenvalue weighted by Crippen LogP contribution is -2.34. The van der Waals surface area contributed by atoms with E-state index in [0.717, 1.165) is 41.3 Å². The zero-order chi connectivity index (χ0) is 22.3. The van der Waals surface area contributed by atoms with Crippen LogP contribution in [0.25, 0.3) is 16.8 Å². The molecule has 0 amide bonds. The van der Waals surface area contributed by atoms with Crippen molar-refractivity contribution in [3.05, 3.63) is 108 Å². The molecule has 3 nitrogen and oxygen atoms in total. The van der Waals surface area contributed by atoms with Crippen molar-refractivity contribution in [3.8, 4) is 11.5 Å². The number of hydrogen-bond donors (Lipinski definition) is 0. The third-order valence-corrected chi connectivity index (χ3v) is 6.96. The van der Waals surface area contributed by atoms with Crippen LogP contribution in [0.2, 0.25) is 0 Å². The number of para-hydroxylation sites is 1. The van der Waals surface area contributed by atoms with Gasteiger partial charge >= 0.3 is 0 Å². The van der Waals surface area contributed by atoms with Crippen LogP contribution in [0.1, 0.15) is 29.5 Å². The molecule has 164 valence electrons. The molecule has 0 N–H and O–H groups in total. The Balaban J connectivity index is 1.51. The molecule has 4 aromatic rings. The van der Waals surface area contributed by atoms with Crippen molar-refractivity contribution in [2.24, 2.45) is 0 Å². The summed E-state index contributed by atoms with van der Waals surface area (Å²) >= 11 is 0. The van der Waals surface area contributed by atoms with Crippen LogP contribution in [0.15, 0.2) is 91.0 Å². The fraction of sp³-hybridized carbons (Fsp3) is 0.200. The third-order valence-electron chi connectivity index (χ3n) is 6.96. The van der Waals surface area contributed by atoms with Gasteiger partial charge in [0.25, 0.3) is 0 Å². The number of hydrogen-bond acceptors (Lipinski definition) is 3. The van der Waals surface area contributed by atoms with Gasteiger partial charge in [-0.05, 0) is 60.0 Å². The SMILES string of the molecule is COc1ccccc1C1(c2ccc(N3CCCC3)cc2)C=Cc2c(ccc3ccccc23)O1. The first-order valence-electron chi connectivity index (χ1n) is 11.7. The summed E-state index contributed by atoms with van der Waals surface area (Å²) in [5.41, 5.74) is 3.71. The van der Waals surface area contributed by atoms with Gasteiger partial charge in [0.2, 0.25) is 0 Å². The first kappa shape index (κ1) is 19.9. The molecule has 0 aliphatic carbocycles. The van der Waals surface area contributed by atoms with Crippen molar-refractivity contribution in [2.75, 3.05) is 25.1 Å². The Morgan fingerprint density at radius 1 is 0.818 bits per heavy atom. The summed E-state index contributed by atoms with van der Waals surface area (Å²) < 4.78 is 12.7. The second kappa shape index (κ2) is 8.00. The van der Waals surface area contributed by atoms with E-state index >= 15 is 0 Å². The Morgan fingerprint density at radius 2 is 1.58 bits per heavy atom. The molecule has 1 unspecified atom stereocenters. The maximum absolute atomic E-state index is 6.93. The standard InChI is InChI=1S/C30H27NO2/c1-32-29-11-5-4-10-27(29)30(23-13-15-24(16-14-23)31-20-6-7-21-31)19-18-26-25-9-3-2-8-22(25)12-17-28(26)33-30/h2-5,8-19H,6-7,20-21H2,1H3. The number of rotatable bonds is 4. The second-order valence-electron chi connectivity index (χ2n) is 8.81. The predicted molar refractivity (Wildman–Crippen MR) is 135 cm³/mol. The van der Waals surface area contributed by atoms with E-state index in [0.29, 0.717) is 0 Å². The van der Waals surface area contributed by atoms with Crippen LogP contribution in [0.4, 0.5) is 5.69 Å². The minimum absolute atomic E-state index is 0.772. The summed E-state index contributed by atoms with van der Waals surface area (Å²) in [7, 11) is 1.72. The van der Waals surface area contributed by atoms with Gasteiger partial charge in [-0.15, -0.1) is 0 Å². The smallest absolute Gasteiger partial charge is 0.181 e. The van der Waals surface area contributed by atoms with E-state index in [1.54, 1.807) is 7.11 Å². The number of anilines is 1. The van der Waals surface area contributed by atoms with E-state index in [1.165, 1.54) is 29.3 Å². The molecule has 0 saturated carbocycles. The molecule has 1 fully saturated rings. The van der Waals surface area contributed by atoms with Crippen molar-refractivity contribution in [2.45, 2.75) is 18.4 Å². The summed E-state index contributed by atoms with van der Waals surface area (Å²) in [6.45, 7) is 2.27. The molecule has 33 heavy (non-hydrogen) atoms. The lowest BCUT2D eigenvalue weighted by Gasteiger charge is -2.37. The number of nitrogens with zero attached hydrogens (tertiary/aromatic N) is 1. The van der Waals surface area contributed by atoms with E-state index in [4.69, 9.17) is 9.47 Å². The molecular formula is C30H27NO2. The highest BCUT2D eigenvalue weighted by atomic mass is 16.5. The van der Waals surface area contributed by atoms with Crippen molar-refractivity contribution in [1.29, 1.82) is 0 Å². The maximum Gasteiger partial charge on any atom is 0.181 e. The molecule has 4 aromatic carbocycles. The third kappa shape index (κ3) is 3.27. The van der Waals surface area contributed by atoms with Crippen molar-refractivity contribution in [3.63, 3.8) is 0 Å². The van der Waals surface area contributed by atoms with Gasteiger partial charge in [0, 0.05) is 35.5 Å². The van der Waals surface area contributed by atoms with Gasteiger partial charge in [0.1, 0.15) is 11.5 Å². The molecule has 3 heteroatoms. The molecule has 2 aliphatic rings. The Hall–Kier alpha value is -3.72. The molecule has 6 rings (SSSR count). The zero-order valence-electron chi connectivity index (χ0n) is 18.8. The van der Waals surface area contributed by atoms with E-state index in [9.17, 15) is 0 Å². The van der Waals surface area contributed by atoms with Gasteiger partial charge in [-0.25, -0.2) is 0 Å². The Kier molecular flexibility index (Phi) is 4.83. The lowest BCUT2D eigenvalue weighted by molar-refractivity contribution is 0.157. The number of methoxy groups -OCH3 is 1. The number of ether oxygens (including phenoxy) is 2.